The minimum absolute atomic E-state index is 0.298. The molecule has 1 heterocycles. The number of benzene rings is 1. The molecule has 0 aromatic heterocycles. The van der Waals surface area contributed by atoms with Crippen LogP contribution in [0.15, 0.2) is 24.3 Å². The molecule has 0 bridgehead atoms. The van der Waals surface area contributed by atoms with Crippen molar-refractivity contribution in [2.75, 3.05) is 13.2 Å². The van der Waals surface area contributed by atoms with Crippen LogP contribution in [0.5, 0.6) is 0 Å². The number of hydrogen-bond acceptors (Lipinski definition) is 4. The first-order valence-electron chi connectivity index (χ1n) is 8.14. The number of hydrogen-bond donors (Lipinski definition) is 0. The lowest BCUT2D eigenvalue weighted by atomic mass is 9.94. The average Bonchev–Trinajstić information content (AvgIpc) is 2.90. The van der Waals surface area contributed by atoms with Crippen molar-refractivity contribution in [2.45, 2.75) is 45.8 Å². The van der Waals surface area contributed by atoms with Crippen LogP contribution in [0.1, 0.15) is 45.7 Å². The third kappa shape index (κ3) is 4.41. The molecule has 5 nitrogen and oxygen atoms in total. The van der Waals surface area contributed by atoms with Gasteiger partial charge in [0.15, 0.2) is 0 Å². The molecule has 0 radical (unpaired) electrons. The molecule has 1 aromatic carbocycles. The van der Waals surface area contributed by atoms with E-state index in [1.54, 1.807) is 24.0 Å². The topological polar surface area (TPSA) is 55.8 Å². The first kappa shape index (κ1) is 18.6. The lowest BCUT2D eigenvalue weighted by Crippen LogP contribution is -2.38. The number of nitrogens with zero attached hydrogens (tertiary/aromatic N) is 1. The molecule has 132 valence electrons. The Morgan fingerprint density at radius 2 is 2.04 bits per heavy atom. The van der Waals surface area contributed by atoms with E-state index in [2.05, 4.69) is 0 Å². The van der Waals surface area contributed by atoms with Crippen molar-refractivity contribution in [1.82, 2.24) is 4.90 Å². The highest BCUT2D eigenvalue weighted by atomic mass is 35.5. The summed E-state index contributed by atoms with van der Waals surface area (Å²) in [7, 11) is 0. The number of halogens is 1. The molecule has 0 saturated carbocycles. The van der Waals surface area contributed by atoms with Gasteiger partial charge in [0, 0.05) is 11.6 Å². The van der Waals surface area contributed by atoms with Gasteiger partial charge in [-0.15, -0.1) is 0 Å². The fourth-order valence-electron chi connectivity index (χ4n) is 2.92. The molecule has 0 aliphatic carbocycles. The standard InChI is InChI=1S/C18H24ClNO4/c1-5-23-16(21)14-9-10-20(17(22)24-18(2,3)4)15(14)12-7-6-8-13(19)11-12/h6-8,11,14-15H,5,9-10H2,1-4H3. The molecular formula is C18H24ClNO4. The van der Waals surface area contributed by atoms with Crippen LogP contribution < -0.4 is 0 Å². The van der Waals surface area contributed by atoms with Crippen LogP contribution in [0.25, 0.3) is 0 Å². The average molecular weight is 354 g/mol. The summed E-state index contributed by atoms with van der Waals surface area (Å²) in [6.45, 7) is 7.97. The summed E-state index contributed by atoms with van der Waals surface area (Å²) < 4.78 is 10.7. The third-order valence-electron chi connectivity index (χ3n) is 3.81. The van der Waals surface area contributed by atoms with Gasteiger partial charge in [-0.25, -0.2) is 4.79 Å². The summed E-state index contributed by atoms with van der Waals surface area (Å²) in [6, 6.07) is 6.78. The predicted molar refractivity (Wildman–Crippen MR) is 91.9 cm³/mol. The Balaban J connectivity index is 2.33. The second kappa shape index (κ2) is 7.43. The van der Waals surface area contributed by atoms with Gasteiger partial charge in [-0.2, -0.15) is 0 Å². The first-order chi connectivity index (χ1) is 11.2. The van der Waals surface area contributed by atoms with Crippen molar-refractivity contribution in [2.24, 2.45) is 5.92 Å². The summed E-state index contributed by atoms with van der Waals surface area (Å²) in [5, 5.41) is 0.561. The highest BCUT2D eigenvalue weighted by molar-refractivity contribution is 6.30. The number of esters is 1. The van der Waals surface area contributed by atoms with Crippen LogP contribution in [0.4, 0.5) is 4.79 Å². The van der Waals surface area contributed by atoms with Gasteiger partial charge >= 0.3 is 12.1 Å². The van der Waals surface area contributed by atoms with Crippen molar-refractivity contribution in [3.63, 3.8) is 0 Å². The van der Waals surface area contributed by atoms with Gasteiger partial charge in [0.1, 0.15) is 5.60 Å². The van der Waals surface area contributed by atoms with Crippen molar-refractivity contribution >= 4 is 23.7 Å². The zero-order chi connectivity index (χ0) is 17.9. The molecule has 2 rings (SSSR count). The van der Waals surface area contributed by atoms with Crippen molar-refractivity contribution in [3.05, 3.63) is 34.9 Å². The van der Waals surface area contributed by atoms with E-state index in [1.807, 2.05) is 32.9 Å². The predicted octanol–water partition coefficient (Wildman–Crippen LogP) is 4.20. The van der Waals surface area contributed by atoms with Crippen LogP contribution in [-0.2, 0) is 14.3 Å². The minimum atomic E-state index is -0.599. The molecule has 1 saturated heterocycles. The molecule has 0 N–H and O–H groups in total. The summed E-state index contributed by atoms with van der Waals surface area (Å²) in [5.74, 6) is -0.718. The van der Waals surface area contributed by atoms with Gasteiger partial charge in [0.2, 0.25) is 0 Å². The maximum Gasteiger partial charge on any atom is 0.410 e. The Morgan fingerprint density at radius 1 is 1.33 bits per heavy atom. The second-order valence-corrected chi connectivity index (χ2v) is 7.26. The SMILES string of the molecule is CCOC(=O)C1CCN(C(=O)OC(C)(C)C)C1c1cccc(Cl)c1. The Labute approximate surface area is 147 Å². The highest BCUT2D eigenvalue weighted by Crippen LogP contribution is 2.39. The van der Waals surface area contributed by atoms with E-state index >= 15 is 0 Å². The fourth-order valence-corrected chi connectivity index (χ4v) is 3.12. The van der Waals surface area contributed by atoms with E-state index in [1.165, 1.54) is 0 Å². The van der Waals surface area contributed by atoms with Crippen LogP contribution >= 0.6 is 11.6 Å². The Hall–Kier alpha value is -1.75. The van der Waals surface area contributed by atoms with E-state index in [-0.39, 0.29) is 5.97 Å². The fraction of sp³-hybridized carbons (Fsp3) is 0.556. The molecule has 1 fully saturated rings. The Morgan fingerprint density at radius 3 is 2.62 bits per heavy atom. The minimum Gasteiger partial charge on any atom is -0.466 e. The zero-order valence-electron chi connectivity index (χ0n) is 14.5. The normalized spacial score (nSPS) is 20.8. The van der Waals surface area contributed by atoms with Crippen molar-refractivity contribution in [3.8, 4) is 0 Å². The molecule has 1 aliphatic rings. The first-order valence-corrected chi connectivity index (χ1v) is 8.52. The van der Waals surface area contributed by atoms with Crippen LogP contribution in [0.2, 0.25) is 5.02 Å². The van der Waals surface area contributed by atoms with Gasteiger partial charge in [-0.1, -0.05) is 23.7 Å². The maximum atomic E-state index is 12.6. The lowest BCUT2D eigenvalue weighted by Gasteiger charge is -2.30. The molecule has 2 atom stereocenters. The molecular weight excluding hydrogens is 330 g/mol. The number of rotatable bonds is 3. The van der Waals surface area contributed by atoms with Crippen LogP contribution in [-0.4, -0.2) is 35.7 Å². The second-order valence-electron chi connectivity index (χ2n) is 6.82. The quantitative estimate of drug-likeness (QED) is 0.764. The number of amides is 1. The number of ether oxygens (including phenoxy) is 2. The van der Waals surface area contributed by atoms with Gasteiger partial charge in [0.25, 0.3) is 0 Å². The summed E-state index contributed by atoms with van der Waals surface area (Å²) in [4.78, 5) is 26.5. The molecule has 1 amide bonds. The number of carbonyl (C=O) groups excluding carboxylic acids is 2. The zero-order valence-corrected chi connectivity index (χ0v) is 15.3. The van der Waals surface area contributed by atoms with Crippen molar-refractivity contribution < 1.29 is 19.1 Å². The van der Waals surface area contributed by atoms with Gasteiger partial charge in [0.05, 0.1) is 18.6 Å². The number of carbonyl (C=O) groups is 2. The Bertz CT molecular complexity index is 611. The summed E-state index contributed by atoms with van der Waals surface area (Å²) >= 11 is 6.09. The van der Waals surface area contributed by atoms with E-state index in [9.17, 15) is 9.59 Å². The van der Waals surface area contributed by atoms with E-state index in [0.717, 1.165) is 5.56 Å². The molecule has 1 aromatic rings. The third-order valence-corrected chi connectivity index (χ3v) is 4.04. The van der Waals surface area contributed by atoms with Crippen LogP contribution in [0.3, 0.4) is 0 Å². The summed E-state index contributed by atoms with van der Waals surface area (Å²) in [5.41, 5.74) is 0.210. The summed E-state index contributed by atoms with van der Waals surface area (Å²) in [6.07, 6.45) is 0.106. The van der Waals surface area contributed by atoms with Crippen LogP contribution in [0, 0.1) is 5.92 Å². The molecule has 6 heteroatoms. The number of likely N-dealkylation sites (tertiary alicyclic amines) is 1. The van der Waals surface area contributed by atoms with Gasteiger partial charge < -0.3 is 14.4 Å². The van der Waals surface area contributed by atoms with Gasteiger partial charge in [-0.05, 0) is 51.8 Å². The van der Waals surface area contributed by atoms with E-state index in [4.69, 9.17) is 21.1 Å². The molecule has 0 spiro atoms. The monoisotopic (exact) mass is 353 g/mol. The van der Waals surface area contributed by atoms with Gasteiger partial charge in [-0.3, -0.25) is 4.79 Å². The molecule has 2 unspecified atom stereocenters. The van der Waals surface area contributed by atoms with Crippen molar-refractivity contribution in [1.29, 1.82) is 0 Å². The Kier molecular flexibility index (Phi) is 5.75. The highest BCUT2D eigenvalue weighted by Gasteiger charge is 2.44. The largest absolute Gasteiger partial charge is 0.466 e. The molecule has 1 aliphatic heterocycles. The van der Waals surface area contributed by atoms with E-state index < -0.39 is 23.7 Å². The van der Waals surface area contributed by atoms with E-state index in [0.29, 0.717) is 24.6 Å². The maximum absolute atomic E-state index is 12.6. The molecule has 24 heavy (non-hydrogen) atoms. The lowest BCUT2D eigenvalue weighted by molar-refractivity contribution is -0.148. The smallest absolute Gasteiger partial charge is 0.410 e.